The molecule has 184 valence electrons. The van der Waals surface area contributed by atoms with Crippen molar-refractivity contribution in [3.05, 3.63) is 78.6 Å². The Balaban J connectivity index is 1.45. The average Bonchev–Trinajstić information content (AvgIpc) is 2.87. The number of nitrogens with one attached hydrogen (secondary N) is 1. The van der Waals surface area contributed by atoms with Crippen molar-refractivity contribution in [3.8, 4) is 11.5 Å². The first-order valence-corrected chi connectivity index (χ1v) is 13.5. The largest absolute Gasteiger partial charge is 0.486 e. The molecule has 10 heteroatoms. The summed E-state index contributed by atoms with van der Waals surface area (Å²) in [6, 6.07) is 19.3. The number of hydrogen-bond donors (Lipinski definition) is 1. The summed E-state index contributed by atoms with van der Waals surface area (Å²) in [5.41, 5.74) is 0.0506. The van der Waals surface area contributed by atoms with Gasteiger partial charge in [0, 0.05) is 17.5 Å². The number of carbonyl (C=O) groups excluding carboxylic acids is 1. The highest BCUT2D eigenvalue weighted by molar-refractivity contribution is 7.99. The molecule has 1 aliphatic heterocycles. The van der Waals surface area contributed by atoms with Gasteiger partial charge in [0.05, 0.1) is 10.6 Å². The van der Waals surface area contributed by atoms with E-state index in [0.717, 1.165) is 21.0 Å². The second-order valence-electron chi connectivity index (χ2n) is 7.66. The van der Waals surface area contributed by atoms with E-state index in [0.29, 0.717) is 37.7 Å². The van der Waals surface area contributed by atoms with E-state index >= 15 is 0 Å². The maximum atomic E-state index is 13.9. The van der Waals surface area contributed by atoms with Crippen LogP contribution in [0, 0.1) is 5.82 Å². The maximum absolute atomic E-state index is 13.9. The molecule has 0 spiro atoms. The second-order valence-corrected chi connectivity index (χ2v) is 10.7. The van der Waals surface area contributed by atoms with Gasteiger partial charge in [0.2, 0.25) is 5.91 Å². The van der Waals surface area contributed by atoms with Gasteiger partial charge in [-0.15, -0.1) is 11.8 Å². The van der Waals surface area contributed by atoms with E-state index < -0.39 is 28.3 Å². The van der Waals surface area contributed by atoms with E-state index in [1.165, 1.54) is 36.4 Å². The molecule has 0 atom stereocenters. The molecule has 0 fully saturated rings. The van der Waals surface area contributed by atoms with Crippen LogP contribution in [-0.4, -0.2) is 46.4 Å². The van der Waals surface area contributed by atoms with Gasteiger partial charge in [0.1, 0.15) is 25.6 Å². The van der Waals surface area contributed by atoms with Gasteiger partial charge in [-0.05, 0) is 54.6 Å². The zero-order valence-electron chi connectivity index (χ0n) is 18.9. The van der Waals surface area contributed by atoms with E-state index in [4.69, 9.17) is 9.47 Å². The first kappa shape index (κ1) is 24.9. The van der Waals surface area contributed by atoms with Crippen molar-refractivity contribution in [1.29, 1.82) is 0 Å². The van der Waals surface area contributed by atoms with Crippen molar-refractivity contribution in [2.45, 2.75) is 16.2 Å². The Kier molecular flexibility index (Phi) is 8.14. The first-order valence-electron chi connectivity index (χ1n) is 11.1. The molecule has 1 aliphatic rings. The Morgan fingerprint density at radius 3 is 2.51 bits per heavy atom. The lowest BCUT2D eigenvalue weighted by Gasteiger charge is -2.25. The van der Waals surface area contributed by atoms with Crippen molar-refractivity contribution < 1.29 is 27.1 Å². The SMILES string of the molecule is O=C(CN(c1cccc(F)c1)S(=O)(=O)c1ccc2c(c1)OCCO2)NCCCSc1ccccc1. The molecule has 0 aliphatic carbocycles. The molecule has 7 nitrogen and oxygen atoms in total. The minimum atomic E-state index is -4.20. The Labute approximate surface area is 208 Å². The summed E-state index contributed by atoms with van der Waals surface area (Å²) in [4.78, 5) is 13.7. The minimum Gasteiger partial charge on any atom is -0.486 e. The van der Waals surface area contributed by atoms with Crippen LogP contribution in [0.15, 0.2) is 82.6 Å². The van der Waals surface area contributed by atoms with Crippen LogP contribution in [0.25, 0.3) is 0 Å². The molecule has 0 aromatic heterocycles. The fourth-order valence-corrected chi connectivity index (χ4v) is 5.75. The van der Waals surface area contributed by atoms with Gasteiger partial charge in [-0.25, -0.2) is 12.8 Å². The molecule has 0 saturated heterocycles. The fraction of sp³-hybridized carbons (Fsp3) is 0.240. The third kappa shape index (κ3) is 6.46. The summed E-state index contributed by atoms with van der Waals surface area (Å²) >= 11 is 1.68. The highest BCUT2D eigenvalue weighted by Crippen LogP contribution is 2.34. The monoisotopic (exact) mass is 516 g/mol. The number of benzene rings is 3. The zero-order chi connectivity index (χ0) is 24.7. The third-order valence-electron chi connectivity index (χ3n) is 5.14. The fourth-order valence-electron chi connectivity index (χ4n) is 3.45. The van der Waals surface area contributed by atoms with E-state index in [2.05, 4.69) is 5.32 Å². The zero-order valence-corrected chi connectivity index (χ0v) is 20.5. The lowest BCUT2D eigenvalue weighted by atomic mass is 10.3. The van der Waals surface area contributed by atoms with E-state index in [-0.39, 0.29) is 10.6 Å². The molecule has 35 heavy (non-hydrogen) atoms. The minimum absolute atomic E-state index is 0.0506. The van der Waals surface area contributed by atoms with Crippen LogP contribution in [0.2, 0.25) is 0 Å². The number of sulfonamides is 1. The van der Waals surface area contributed by atoms with Crippen LogP contribution in [0.4, 0.5) is 10.1 Å². The van der Waals surface area contributed by atoms with Crippen LogP contribution in [0.1, 0.15) is 6.42 Å². The normalized spacial score (nSPS) is 12.7. The number of anilines is 1. The van der Waals surface area contributed by atoms with Crippen LogP contribution in [-0.2, 0) is 14.8 Å². The molecular formula is C25H25FN2O5S2. The summed E-state index contributed by atoms with van der Waals surface area (Å²) in [5, 5.41) is 2.76. The maximum Gasteiger partial charge on any atom is 0.264 e. The molecule has 1 N–H and O–H groups in total. The molecule has 0 saturated carbocycles. The summed E-state index contributed by atoms with van der Waals surface area (Å²) in [6.45, 7) is 0.569. The highest BCUT2D eigenvalue weighted by atomic mass is 32.2. The highest BCUT2D eigenvalue weighted by Gasteiger charge is 2.29. The second kappa shape index (κ2) is 11.5. The molecule has 0 radical (unpaired) electrons. The third-order valence-corrected chi connectivity index (χ3v) is 8.01. The Morgan fingerprint density at radius 2 is 1.74 bits per heavy atom. The van der Waals surface area contributed by atoms with Crippen molar-refractivity contribution in [2.24, 2.45) is 0 Å². The van der Waals surface area contributed by atoms with Crippen LogP contribution >= 0.6 is 11.8 Å². The number of rotatable bonds is 10. The van der Waals surface area contributed by atoms with E-state index in [9.17, 15) is 17.6 Å². The summed E-state index contributed by atoms with van der Waals surface area (Å²) < 4.78 is 52.9. The Bertz CT molecular complexity index is 1270. The van der Waals surface area contributed by atoms with Crippen molar-refractivity contribution in [1.82, 2.24) is 5.32 Å². The lowest BCUT2D eigenvalue weighted by Crippen LogP contribution is -2.41. The molecule has 1 heterocycles. The smallest absolute Gasteiger partial charge is 0.264 e. The molecule has 4 rings (SSSR count). The van der Waals surface area contributed by atoms with Gasteiger partial charge < -0.3 is 14.8 Å². The molecule has 1 amide bonds. The summed E-state index contributed by atoms with van der Waals surface area (Å²) in [7, 11) is -4.20. The van der Waals surface area contributed by atoms with Crippen LogP contribution in [0.5, 0.6) is 11.5 Å². The quantitative estimate of drug-likeness (QED) is 0.323. The number of hydrogen-bond acceptors (Lipinski definition) is 6. The molecule has 0 bridgehead atoms. The lowest BCUT2D eigenvalue weighted by molar-refractivity contribution is -0.119. The van der Waals surface area contributed by atoms with Gasteiger partial charge >= 0.3 is 0 Å². The summed E-state index contributed by atoms with van der Waals surface area (Å²) in [6.07, 6.45) is 0.709. The van der Waals surface area contributed by atoms with Crippen LogP contribution in [0.3, 0.4) is 0 Å². The Morgan fingerprint density at radius 1 is 0.971 bits per heavy atom. The number of nitrogens with zero attached hydrogens (tertiary/aromatic N) is 1. The topological polar surface area (TPSA) is 84.9 Å². The van der Waals surface area contributed by atoms with Gasteiger partial charge in [0.25, 0.3) is 10.0 Å². The van der Waals surface area contributed by atoms with Gasteiger partial charge in [-0.1, -0.05) is 24.3 Å². The number of carbonyl (C=O) groups is 1. The predicted octanol–water partition coefficient (Wildman–Crippen LogP) is 4.09. The molecule has 0 unspecified atom stereocenters. The number of amides is 1. The summed E-state index contributed by atoms with van der Waals surface area (Å²) in [5.74, 6) is 0.451. The van der Waals surface area contributed by atoms with Crippen LogP contribution < -0.4 is 19.1 Å². The first-order chi connectivity index (χ1) is 16.9. The molecular weight excluding hydrogens is 491 g/mol. The van der Waals surface area contributed by atoms with Gasteiger partial charge in [-0.3, -0.25) is 9.10 Å². The van der Waals surface area contributed by atoms with Gasteiger partial charge in [-0.2, -0.15) is 0 Å². The average molecular weight is 517 g/mol. The predicted molar refractivity (Wildman–Crippen MR) is 133 cm³/mol. The number of ether oxygens (including phenoxy) is 2. The van der Waals surface area contributed by atoms with Crippen molar-refractivity contribution in [2.75, 3.05) is 36.4 Å². The molecule has 3 aromatic carbocycles. The van der Waals surface area contributed by atoms with Crippen molar-refractivity contribution >= 4 is 33.4 Å². The van der Waals surface area contributed by atoms with E-state index in [1.807, 2.05) is 30.3 Å². The van der Waals surface area contributed by atoms with Gasteiger partial charge in [0.15, 0.2) is 11.5 Å². The Hall–Kier alpha value is -3.24. The molecule has 3 aromatic rings. The van der Waals surface area contributed by atoms with Crippen molar-refractivity contribution in [3.63, 3.8) is 0 Å². The number of halogens is 1. The number of thioether (sulfide) groups is 1. The standard InChI is InChI=1S/C25H25FN2O5S2/c26-19-6-4-7-20(16-19)28(18-25(29)27-12-5-15-34-21-8-2-1-3-9-21)35(30,31)22-10-11-23-24(17-22)33-14-13-32-23/h1-4,6-11,16-17H,5,12-15,18H2,(H,27,29). The number of fused-ring (bicyclic) bond motifs is 1. The van der Waals surface area contributed by atoms with E-state index in [1.54, 1.807) is 11.8 Å².